The Kier molecular flexibility index (Phi) is 5.05. The standard InChI is InChI=1S/C14H14BrFN2O2S/c1-3-11-13(15)12(18(2)17-11)7-21-8-4-5-10(16)9(6-8)14(19)20/h4-6H,3,7H2,1-2H3,(H,19,20). The number of carboxylic acid groups (broad SMARTS) is 1. The molecule has 0 saturated heterocycles. The van der Waals surface area contributed by atoms with Crippen LogP contribution in [-0.4, -0.2) is 20.9 Å². The van der Waals surface area contributed by atoms with Gasteiger partial charge in [-0.05, 0) is 40.5 Å². The number of hydrogen-bond donors (Lipinski definition) is 1. The Morgan fingerprint density at radius 3 is 2.81 bits per heavy atom. The molecular formula is C14H14BrFN2O2S. The maximum Gasteiger partial charge on any atom is 0.338 e. The van der Waals surface area contributed by atoms with E-state index in [0.717, 1.165) is 22.3 Å². The molecule has 0 fully saturated rings. The molecule has 0 aliphatic rings. The highest BCUT2D eigenvalue weighted by molar-refractivity contribution is 9.10. The highest BCUT2D eigenvalue weighted by atomic mass is 79.9. The lowest BCUT2D eigenvalue weighted by molar-refractivity contribution is 0.0691. The van der Waals surface area contributed by atoms with E-state index in [0.29, 0.717) is 10.6 Å². The molecule has 0 saturated carbocycles. The van der Waals surface area contributed by atoms with E-state index < -0.39 is 11.8 Å². The molecule has 21 heavy (non-hydrogen) atoms. The molecule has 112 valence electrons. The van der Waals surface area contributed by atoms with E-state index in [9.17, 15) is 9.18 Å². The van der Waals surface area contributed by atoms with Crippen LogP contribution in [0.15, 0.2) is 27.6 Å². The van der Waals surface area contributed by atoms with Crippen molar-refractivity contribution in [2.75, 3.05) is 0 Å². The van der Waals surface area contributed by atoms with Gasteiger partial charge < -0.3 is 5.11 Å². The van der Waals surface area contributed by atoms with Gasteiger partial charge in [-0.15, -0.1) is 11.8 Å². The summed E-state index contributed by atoms with van der Waals surface area (Å²) in [5, 5.41) is 13.3. The molecule has 7 heteroatoms. The van der Waals surface area contributed by atoms with Crippen molar-refractivity contribution in [2.24, 2.45) is 7.05 Å². The van der Waals surface area contributed by atoms with E-state index in [1.807, 2.05) is 14.0 Å². The smallest absolute Gasteiger partial charge is 0.338 e. The van der Waals surface area contributed by atoms with Crippen molar-refractivity contribution >= 4 is 33.7 Å². The van der Waals surface area contributed by atoms with Crippen LogP contribution in [0.4, 0.5) is 4.39 Å². The molecule has 0 spiro atoms. The quantitative estimate of drug-likeness (QED) is 0.809. The summed E-state index contributed by atoms with van der Waals surface area (Å²) >= 11 is 4.98. The number of aryl methyl sites for hydroxylation is 2. The third-order valence-electron chi connectivity index (χ3n) is 3.05. The van der Waals surface area contributed by atoms with Crippen molar-refractivity contribution < 1.29 is 14.3 Å². The molecule has 1 N–H and O–H groups in total. The van der Waals surface area contributed by atoms with Crippen molar-refractivity contribution in [3.63, 3.8) is 0 Å². The Morgan fingerprint density at radius 2 is 2.24 bits per heavy atom. The van der Waals surface area contributed by atoms with Gasteiger partial charge in [-0.2, -0.15) is 5.10 Å². The van der Waals surface area contributed by atoms with Crippen LogP contribution in [0, 0.1) is 5.82 Å². The first kappa shape index (κ1) is 16.0. The molecule has 1 heterocycles. The molecule has 0 aliphatic heterocycles. The monoisotopic (exact) mass is 372 g/mol. The number of nitrogens with zero attached hydrogens (tertiary/aromatic N) is 2. The molecule has 0 atom stereocenters. The SMILES string of the molecule is CCc1nn(C)c(CSc2ccc(F)c(C(=O)O)c2)c1Br. The Hall–Kier alpha value is -1.34. The van der Waals surface area contributed by atoms with Crippen LogP contribution in [0.2, 0.25) is 0 Å². The van der Waals surface area contributed by atoms with Crippen molar-refractivity contribution in [3.05, 3.63) is 45.4 Å². The Labute approximate surface area is 134 Å². The maximum atomic E-state index is 13.3. The van der Waals surface area contributed by atoms with Crippen LogP contribution >= 0.6 is 27.7 Å². The van der Waals surface area contributed by atoms with Crippen molar-refractivity contribution in [3.8, 4) is 0 Å². The molecule has 1 aromatic heterocycles. The summed E-state index contributed by atoms with van der Waals surface area (Å²) in [6.07, 6.45) is 0.832. The number of aromatic nitrogens is 2. The Morgan fingerprint density at radius 1 is 1.52 bits per heavy atom. The highest BCUT2D eigenvalue weighted by Crippen LogP contribution is 2.29. The zero-order valence-corrected chi connectivity index (χ0v) is 14.0. The van der Waals surface area contributed by atoms with E-state index in [1.54, 1.807) is 10.7 Å². The molecule has 2 aromatic rings. The van der Waals surface area contributed by atoms with Crippen molar-refractivity contribution in [1.29, 1.82) is 0 Å². The van der Waals surface area contributed by atoms with Gasteiger partial charge in [0.05, 0.1) is 21.4 Å². The fourth-order valence-electron chi connectivity index (χ4n) is 1.89. The summed E-state index contributed by atoms with van der Waals surface area (Å²) in [6, 6.07) is 4.12. The number of carbonyl (C=O) groups is 1. The number of aromatic carboxylic acids is 1. The van der Waals surface area contributed by atoms with Gasteiger partial charge >= 0.3 is 5.97 Å². The van der Waals surface area contributed by atoms with Crippen LogP contribution in [0.1, 0.15) is 28.7 Å². The van der Waals surface area contributed by atoms with Gasteiger partial charge in [-0.25, -0.2) is 9.18 Å². The van der Waals surface area contributed by atoms with E-state index in [4.69, 9.17) is 5.11 Å². The first-order valence-corrected chi connectivity index (χ1v) is 8.07. The Bertz CT molecular complexity index is 688. The van der Waals surface area contributed by atoms with Gasteiger partial charge in [-0.1, -0.05) is 6.92 Å². The average Bonchev–Trinajstić information content (AvgIpc) is 2.72. The summed E-state index contributed by atoms with van der Waals surface area (Å²) < 4.78 is 16.1. The third-order valence-corrected chi connectivity index (χ3v) is 4.97. The second kappa shape index (κ2) is 6.62. The molecule has 1 aromatic carbocycles. The highest BCUT2D eigenvalue weighted by Gasteiger charge is 2.14. The normalized spacial score (nSPS) is 10.9. The lowest BCUT2D eigenvalue weighted by Gasteiger charge is -2.05. The molecule has 4 nitrogen and oxygen atoms in total. The second-order valence-corrected chi connectivity index (χ2v) is 6.26. The molecule has 0 bridgehead atoms. The number of rotatable bonds is 5. The fourth-order valence-corrected chi connectivity index (χ4v) is 3.83. The minimum atomic E-state index is -1.26. The molecule has 0 amide bonds. The zero-order valence-electron chi connectivity index (χ0n) is 11.6. The largest absolute Gasteiger partial charge is 0.478 e. The third kappa shape index (κ3) is 3.47. The van der Waals surface area contributed by atoms with Gasteiger partial charge in [0.15, 0.2) is 0 Å². The lowest BCUT2D eigenvalue weighted by atomic mass is 10.2. The topological polar surface area (TPSA) is 55.1 Å². The van der Waals surface area contributed by atoms with Crippen LogP contribution in [-0.2, 0) is 19.2 Å². The van der Waals surface area contributed by atoms with E-state index in [-0.39, 0.29) is 5.56 Å². The van der Waals surface area contributed by atoms with E-state index >= 15 is 0 Å². The fraction of sp³-hybridized carbons (Fsp3) is 0.286. The number of carboxylic acids is 1. The molecule has 0 radical (unpaired) electrons. The number of hydrogen-bond acceptors (Lipinski definition) is 3. The summed E-state index contributed by atoms with van der Waals surface area (Å²) in [7, 11) is 1.87. The molecular weight excluding hydrogens is 359 g/mol. The minimum absolute atomic E-state index is 0.307. The predicted octanol–water partition coefficient (Wildman–Crippen LogP) is 3.87. The number of thioether (sulfide) groups is 1. The van der Waals surface area contributed by atoms with Crippen LogP contribution in [0.3, 0.4) is 0 Å². The van der Waals surface area contributed by atoms with Gasteiger partial charge in [0.2, 0.25) is 0 Å². The summed E-state index contributed by atoms with van der Waals surface area (Å²) in [4.78, 5) is 11.6. The van der Waals surface area contributed by atoms with E-state index in [1.165, 1.54) is 23.9 Å². The molecule has 2 rings (SSSR count). The average molecular weight is 373 g/mol. The predicted molar refractivity (Wildman–Crippen MR) is 83.2 cm³/mol. The van der Waals surface area contributed by atoms with Gasteiger partial charge in [0, 0.05) is 17.7 Å². The molecule has 0 aliphatic carbocycles. The Balaban J connectivity index is 2.19. The summed E-state index contributed by atoms with van der Waals surface area (Å²) in [5.74, 6) is -1.36. The minimum Gasteiger partial charge on any atom is -0.478 e. The van der Waals surface area contributed by atoms with Gasteiger partial charge in [0.1, 0.15) is 5.82 Å². The van der Waals surface area contributed by atoms with Crippen LogP contribution in [0.5, 0.6) is 0 Å². The maximum absolute atomic E-state index is 13.3. The summed E-state index contributed by atoms with van der Waals surface area (Å²) in [6.45, 7) is 2.03. The number of halogens is 2. The second-order valence-electron chi connectivity index (χ2n) is 4.42. The van der Waals surface area contributed by atoms with Crippen molar-refractivity contribution in [2.45, 2.75) is 24.0 Å². The van der Waals surface area contributed by atoms with E-state index in [2.05, 4.69) is 21.0 Å². The zero-order chi connectivity index (χ0) is 15.6. The first-order chi connectivity index (χ1) is 9.93. The number of benzene rings is 1. The van der Waals surface area contributed by atoms with Crippen molar-refractivity contribution in [1.82, 2.24) is 9.78 Å². The lowest BCUT2D eigenvalue weighted by Crippen LogP contribution is -2.00. The van der Waals surface area contributed by atoms with Gasteiger partial charge in [-0.3, -0.25) is 4.68 Å². The van der Waals surface area contributed by atoms with Crippen LogP contribution in [0.25, 0.3) is 0 Å². The van der Waals surface area contributed by atoms with Gasteiger partial charge in [0.25, 0.3) is 0 Å². The molecule has 0 unspecified atom stereocenters. The summed E-state index contributed by atoms with van der Waals surface area (Å²) in [5.41, 5.74) is 1.69. The first-order valence-electron chi connectivity index (χ1n) is 6.30. The van der Waals surface area contributed by atoms with Crippen LogP contribution < -0.4 is 0 Å².